The first-order chi connectivity index (χ1) is 13.0. The van der Waals surface area contributed by atoms with Gasteiger partial charge in [-0.15, -0.1) is 0 Å². The highest BCUT2D eigenvalue weighted by molar-refractivity contribution is 5.91. The molecule has 5 unspecified atom stereocenters. The van der Waals surface area contributed by atoms with Gasteiger partial charge < -0.3 is 4.74 Å². The van der Waals surface area contributed by atoms with Crippen LogP contribution < -0.4 is 0 Å². The Morgan fingerprint density at radius 2 is 2.00 bits per heavy atom. The monoisotopic (exact) mass is 370 g/mol. The van der Waals surface area contributed by atoms with E-state index >= 15 is 0 Å². The second kappa shape index (κ2) is 6.46. The number of esters is 1. The fourth-order valence-electron chi connectivity index (χ4n) is 7.78. The summed E-state index contributed by atoms with van der Waals surface area (Å²) >= 11 is 0. The van der Waals surface area contributed by atoms with Crippen molar-refractivity contribution in [3.8, 4) is 0 Å². The molecule has 0 aromatic carbocycles. The van der Waals surface area contributed by atoms with Gasteiger partial charge in [0.25, 0.3) is 0 Å². The molecule has 4 aliphatic carbocycles. The van der Waals surface area contributed by atoms with Gasteiger partial charge in [-0.25, -0.2) is 0 Å². The third-order valence-electron chi connectivity index (χ3n) is 9.02. The molecular weight excluding hydrogens is 336 g/mol. The quantitative estimate of drug-likeness (QED) is 0.604. The summed E-state index contributed by atoms with van der Waals surface area (Å²) in [7, 11) is 0. The predicted octanol–water partition coefficient (Wildman–Crippen LogP) is 5.09. The van der Waals surface area contributed by atoms with E-state index in [2.05, 4.69) is 13.8 Å². The van der Waals surface area contributed by atoms with E-state index in [0.29, 0.717) is 41.3 Å². The summed E-state index contributed by atoms with van der Waals surface area (Å²) in [5.41, 5.74) is 1.85. The van der Waals surface area contributed by atoms with Crippen LogP contribution in [-0.2, 0) is 14.3 Å². The van der Waals surface area contributed by atoms with Crippen LogP contribution in [0.25, 0.3) is 0 Å². The Kier molecular flexibility index (Phi) is 4.29. The minimum absolute atomic E-state index is 0.0352. The molecule has 0 N–H and O–H groups in total. The summed E-state index contributed by atoms with van der Waals surface area (Å²) in [5.74, 6) is 4.54. The molecule has 27 heavy (non-hydrogen) atoms. The van der Waals surface area contributed by atoms with E-state index in [4.69, 9.17) is 4.74 Å². The molecule has 5 aliphatic rings. The molecule has 0 spiro atoms. The highest BCUT2D eigenvalue weighted by atomic mass is 16.5. The molecule has 1 saturated heterocycles. The predicted molar refractivity (Wildman–Crippen MR) is 104 cm³/mol. The molecule has 8 atom stereocenters. The van der Waals surface area contributed by atoms with Crippen molar-refractivity contribution in [2.75, 3.05) is 0 Å². The molecule has 1 aliphatic heterocycles. The number of carbonyl (C=O) groups is 2. The summed E-state index contributed by atoms with van der Waals surface area (Å²) in [6, 6.07) is 0. The average molecular weight is 371 g/mol. The molecule has 0 aromatic heterocycles. The van der Waals surface area contributed by atoms with Crippen LogP contribution in [-0.4, -0.2) is 17.9 Å². The molecule has 4 fully saturated rings. The fourth-order valence-corrected chi connectivity index (χ4v) is 7.78. The van der Waals surface area contributed by atoms with Crippen LogP contribution in [0.5, 0.6) is 0 Å². The fraction of sp³-hybridized carbons (Fsp3) is 0.833. The van der Waals surface area contributed by atoms with Crippen molar-refractivity contribution in [2.45, 2.75) is 84.2 Å². The molecule has 3 heteroatoms. The molecule has 3 nitrogen and oxygen atoms in total. The third kappa shape index (κ3) is 2.91. The molecule has 0 aromatic rings. The Morgan fingerprint density at radius 1 is 1.15 bits per heavy atom. The lowest BCUT2D eigenvalue weighted by molar-refractivity contribution is -0.145. The van der Waals surface area contributed by atoms with Gasteiger partial charge >= 0.3 is 5.97 Å². The van der Waals surface area contributed by atoms with Crippen LogP contribution in [0.2, 0.25) is 0 Å². The van der Waals surface area contributed by atoms with Gasteiger partial charge in [0.2, 0.25) is 0 Å². The minimum Gasteiger partial charge on any atom is -0.462 e. The smallest absolute Gasteiger partial charge is 0.306 e. The minimum atomic E-state index is 0.0352. The first kappa shape index (κ1) is 17.9. The summed E-state index contributed by atoms with van der Waals surface area (Å²) in [4.78, 5) is 24.1. The van der Waals surface area contributed by atoms with Gasteiger partial charge in [-0.05, 0) is 86.0 Å². The number of fused-ring (bicyclic) bond motifs is 7. The summed E-state index contributed by atoms with van der Waals surface area (Å²) < 4.78 is 5.81. The Morgan fingerprint density at radius 3 is 2.81 bits per heavy atom. The van der Waals surface area contributed by atoms with Crippen molar-refractivity contribution in [3.63, 3.8) is 0 Å². The van der Waals surface area contributed by atoms with Crippen LogP contribution in [0.1, 0.15) is 78.1 Å². The third-order valence-corrected chi connectivity index (χ3v) is 9.02. The summed E-state index contributed by atoms with van der Waals surface area (Å²) in [5, 5.41) is 0. The Balaban J connectivity index is 1.51. The molecule has 0 bridgehead atoms. The van der Waals surface area contributed by atoms with Crippen molar-refractivity contribution >= 4 is 11.8 Å². The van der Waals surface area contributed by atoms with E-state index < -0.39 is 0 Å². The maximum Gasteiger partial charge on any atom is 0.306 e. The van der Waals surface area contributed by atoms with Crippen LogP contribution in [0, 0.1) is 40.9 Å². The molecule has 5 rings (SSSR count). The van der Waals surface area contributed by atoms with Crippen LogP contribution in [0.15, 0.2) is 11.6 Å². The number of carbonyl (C=O) groups excluding carboxylic acids is 2. The second-order valence-electron chi connectivity index (χ2n) is 10.4. The van der Waals surface area contributed by atoms with E-state index in [1.54, 1.807) is 0 Å². The van der Waals surface area contributed by atoms with Crippen molar-refractivity contribution in [3.05, 3.63) is 11.6 Å². The average Bonchev–Trinajstić information content (AvgIpc) is 3.37. The summed E-state index contributed by atoms with van der Waals surface area (Å²) in [6.45, 7) is 4.88. The van der Waals surface area contributed by atoms with Crippen molar-refractivity contribution in [1.29, 1.82) is 0 Å². The lowest BCUT2D eigenvalue weighted by Gasteiger charge is -2.58. The largest absolute Gasteiger partial charge is 0.462 e. The standard InChI is InChI=1S/C24H34O3/c1-3-14-11-15-12-16(25)6-7-17(15)18-8-10-24(2)9-4-5-21(26)27-20-13-19(20)23(24)22(14)18/h12,14,17-20,22-23H,3-11,13H2,1-2H3/t14-,17?,18?,19+,20-,22?,23?,24?/m1/s1. The van der Waals surface area contributed by atoms with Crippen LogP contribution in [0.3, 0.4) is 0 Å². The molecular formula is C24H34O3. The van der Waals surface area contributed by atoms with Gasteiger partial charge in [-0.1, -0.05) is 25.8 Å². The molecule has 0 radical (unpaired) electrons. The van der Waals surface area contributed by atoms with E-state index in [-0.39, 0.29) is 12.1 Å². The zero-order chi connectivity index (χ0) is 18.8. The number of allylic oxidation sites excluding steroid dienone is 2. The zero-order valence-electron chi connectivity index (χ0n) is 16.9. The second-order valence-corrected chi connectivity index (χ2v) is 10.4. The molecule has 1 heterocycles. The van der Waals surface area contributed by atoms with Gasteiger partial charge in [0.1, 0.15) is 6.10 Å². The van der Waals surface area contributed by atoms with Gasteiger partial charge in [-0.3, -0.25) is 9.59 Å². The number of rotatable bonds is 1. The highest BCUT2D eigenvalue weighted by Crippen LogP contribution is 2.65. The van der Waals surface area contributed by atoms with E-state index in [0.717, 1.165) is 43.9 Å². The lowest BCUT2D eigenvalue weighted by atomic mass is 9.47. The Labute approximate surface area is 163 Å². The molecule has 148 valence electrons. The van der Waals surface area contributed by atoms with E-state index in [1.165, 1.54) is 31.3 Å². The molecule has 3 saturated carbocycles. The number of ether oxygens (including phenoxy) is 1. The van der Waals surface area contributed by atoms with Crippen LogP contribution in [0.4, 0.5) is 0 Å². The normalized spacial score (nSPS) is 49.1. The summed E-state index contributed by atoms with van der Waals surface area (Å²) in [6.07, 6.45) is 12.9. The van der Waals surface area contributed by atoms with E-state index in [9.17, 15) is 9.59 Å². The lowest BCUT2D eigenvalue weighted by Crippen LogP contribution is -2.51. The Bertz CT molecular complexity index is 679. The van der Waals surface area contributed by atoms with Gasteiger partial charge in [0.15, 0.2) is 5.78 Å². The Hall–Kier alpha value is -1.12. The van der Waals surface area contributed by atoms with Gasteiger partial charge in [0, 0.05) is 18.8 Å². The van der Waals surface area contributed by atoms with Gasteiger partial charge in [0.05, 0.1) is 0 Å². The molecule has 0 amide bonds. The zero-order valence-corrected chi connectivity index (χ0v) is 16.9. The van der Waals surface area contributed by atoms with Gasteiger partial charge in [-0.2, -0.15) is 0 Å². The maximum atomic E-state index is 12.1. The van der Waals surface area contributed by atoms with Crippen molar-refractivity contribution in [1.82, 2.24) is 0 Å². The first-order valence-corrected chi connectivity index (χ1v) is 11.4. The SMILES string of the molecule is CC[C@@H]1CC2=CC(=O)CCC2C2CCC3(C)CCCC(=O)O[C@@H]4C[C@@H]4C3C21. The van der Waals surface area contributed by atoms with Crippen LogP contribution >= 0.6 is 0 Å². The highest BCUT2D eigenvalue weighted by Gasteiger charge is 2.61. The van der Waals surface area contributed by atoms with Crippen molar-refractivity contribution in [2.24, 2.45) is 40.9 Å². The first-order valence-electron chi connectivity index (χ1n) is 11.4. The topological polar surface area (TPSA) is 43.4 Å². The number of ketones is 1. The number of hydrogen-bond donors (Lipinski definition) is 0. The van der Waals surface area contributed by atoms with Crippen molar-refractivity contribution < 1.29 is 14.3 Å². The van der Waals surface area contributed by atoms with E-state index in [1.807, 2.05) is 6.08 Å². The number of hydrogen-bond acceptors (Lipinski definition) is 3. The maximum absolute atomic E-state index is 12.1.